The largest absolute Gasteiger partial charge is 0.392 e. The topological polar surface area (TPSA) is 57.6 Å². The van der Waals surface area contributed by atoms with Gasteiger partial charge in [-0.15, -0.1) is 0 Å². The molecule has 0 aromatic heterocycles. The summed E-state index contributed by atoms with van der Waals surface area (Å²) in [5.41, 5.74) is 0.441. The lowest BCUT2D eigenvalue weighted by atomic mass is 10.0. The van der Waals surface area contributed by atoms with Gasteiger partial charge in [-0.3, -0.25) is 0 Å². The molecule has 1 aliphatic heterocycles. The van der Waals surface area contributed by atoms with E-state index in [4.69, 9.17) is 11.6 Å². The molecule has 4 nitrogen and oxygen atoms in total. The first-order valence-corrected chi connectivity index (χ1v) is 8.66. The second-order valence-corrected chi connectivity index (χ2v) is 7.70. The van der Waals surface area contributed by atoms with E-state index >= 15 is 0 Å². The molecule has 0 saturated carbocycles. The average molecular weight is 318 g/mol. The van der Waals surface area contributed by atoms with Crippen molar-refractivity contribution in [3.8, 4) is 0 Å². The molecule has 1 unspecified atom stereocenters. The number of aliphatic hydroxyl groups is 1. The van der Waals surface area contributed by atoms with Gasteiger partial charge in [0.05, 0.1) is 11.5 Å². The Labute approximate surface area is 125 Å². The molecule has 0 bridgehead atoms. The van der Waals surface area contributed by atoms with Gasteiger partial charge in [-0.25, -0.2) is 8.42 Å². The summed E-state index contributed by atoms with van der Waals surface area (Å²) in [5, 5.41) is 9.59. The van der Waals surface area contributed by atoms with Gasteiger partial charge in [-0.05, 0) is 48.9 Å². The first-order valence-electron chi connectivity index (χ1n) is 6.84. The Morgan fingerprint density at radius 1 is 1.35 bits per heavy atom. The predicted octanol–water partition coefficient (Wildman–Crippen LogP) is 2.64. The lowest BCUT2D eigenvalue weighted by Crippen LogP contribution is -2.32. The number of sulfonamides is 1. The van der Waals surface area contributed by atoms with Gasteiger partial charge in [0.25, 0.3) is 0 Å². The van der Waals surface area contributed by atoms with Crippen LogP contribution in [0.3, 0.4) is 0 Å². The number of hydrogen-bond donors (Lipinski definition) is 1. The number of benzene rings is 1. The molecule has 1 heterocycles. The molecule has 1 fully saturated rings. The van der Waals surface area contributed by atoms with Crippen LogP contribution < -0.4 is 0 Å². The maximum atomic E-state index is 12.6. The second kappa shape index (κ2) is 6.43. The molecule has 1 aliphatic rings. The second-order valence-electron chi connectivity index (χ2n) is 5.35. The molecule has 1 saturated heterocycles. The normalized spacial score (nSPS) is 21.6. The predicted molar refractivity (Wildman–Crippen MR) is 79.1 cm³/mol. The zero-order valence-corrected chi connectivity index (χ0v) is 13.1. The zero-order chi connectivity index (χ0) is 14.8. The lowest BCUT2D eigenvalue weighted by Gasteiger charge is -2.20. The van der Waals surface area contributed by atoms with Gasteiger partial charge < -0.3 is 5.11 Å². The van der Waals surface area contributed by atoms with Crippen molar-refractivity contribution >= 4 is 21.6 Å². The molecular weight excluding hydrogens is 298 g/mol. The third-order valence-electron chi connectivity index (χ3n) is 3.80. The van der Waals surface area contributed by atoms with Crippen LogP contribution in [0.4, 0.5) is 0 Å². The minimum Gasteiger partial charge on any atom is -0.392 e. The van der Waals surface area contributed by atoms with Gasteiger partial charge in [0.15, 0.2) is 0 Å². The summed E-state index contributed by atoms with van der Waals surface area (Å²) in [6.45, 7) is 3.01. The van der Waals surface area contributed by atoms with Crippen molar-refractivity contribution in [3.05, 3.63) is 28.8 Å². The Balaban J connectivity index is 2.29. The molecule has 0 radical (unpaired) electrons. The van der Waals surface area contributed by atoms with Crippen molar-refractivity contribution in [2.24, 2.45) is 5.92 Å². The fourth-order valence-corrected chi connectivity index (χ4v) is 4.18. The minimum absolute atomic E-state index is 0.209. The number of rotatable bonds is 3. The van der Waals surface area contributed by atoms with Crippen LogP contribution in [0.2, 0.25) is 5.02 Å². The number of halogens is 1. The van der Waals surface area contributed by atoms with Crippen molar-refractivity contribution in [1.82, 2.24) is 4.31 Å². The van der Waals surface area contributed by atoms with Crippen molar-refractivity contribution in [1.29, 1.82) is 0 Å². The van der Waals surface area contributed by atoms with E-state index in [0.29, 0.717) is 29.6 Å². The number of nitrogens with zero attached hydrogens (tertiary/aromatic N) is 1. The average Bonchev–Trinajstić information content (AvgIpc) is 2.64. The molecule has 112 valence electrons. The summed E-state index contributed by atoms with van der Waals surface area (Å²) in [6.07, 6.45) is 2.84. The zero-order valence-electron chi connectivity index (χ0n) is 11.5. The van der Waals surface area contributed by atoms with E-state index in [1.165, 1.54) is 18.2 Å². The number of aliphatic hydroxyl groups excluding tert-OH is 1. The van der Waals surface area contributed by atoms with Crippen LogP contribution in [0.5, 0.6) is 0 Å². The standard InChI is InChI=1S/C14H20ClNO3S/c1-11-3-2-7-16(8-6-11)20(18,19)13-4-5-14(15)12(9-13)10-17/h4-5,9,11,17H,2-3,6-8,10H2,1H3. The SMILES string of the molecule is CC1CCCN(S(=O)(=O)c2ccc(Cl)c(CO)c2)CC1. The van der Waals surface area contributed by atoms with E-state index in [-0.39, 0.29) is 11.5 Å². The first kappa shape index (κ1) is 15.8. The third kappa shape index (κ3) is 3.34. The summed E-state index contributed by atoms with van der Waals surface area (Å²) in [6, 6.07) is 4.50. The highest BCUT2D eigenvalue weighted by Gasteiger charge is 2.27. The van der Waals surface area contributed by atoms with Crippen molar-refractivity contribution in [2.75, 3.05) is 13.1 Å². The Kier molecular flexibility index (Phi) is 5.07. The fraction of sp³-hybridized carbons (Fsp3) is 0.571. The van der Waals surface area contributed by atoms with Crippen molar-refractivity contribution < 1.29 is 13.5 Å². The smallest absolute Gasteiger partial charge is 0.243 e. The van der Waals surface area contributed by atoms with Gasteiger partial charge in [-0.1, -0.05) is 18.5 Å². The molecule has 1 N–H and O–H groups in total. The van der Waals surface area contributed by atoms with E-state index in [2.05, 4.69) is 6.92 Å². The molecule has 0 amide bonds. The van der Waals surface area contributed by atoms with E-state index in [1.54, 1.807) is 4.31 Å². The summed E-state index contributed by atoms with van der Waals surface area (Å²) < 4.78 is 26.8. The molecule has 0 aliphatic carbocycles. The summed E-state index contributed by atoms with van der Waals surface area (Å²) in [4.78, 5) is 0.209. The molecule has 0 spiro atoms. The molecule has 1 atom stereocenters. The van der Waals surface area contributed by atoms with Gasteiger partial charge in [0.2, 0.25) is 10.0 Å². The van der Waals surface area contributed by atoms with Crippen LogP contribution in [-0.2, 0) is 16.6 Å². The van der Waals surface area contributed by atoms with E-state index < -0.39 is 10.0 Å². The van der Waals surface area contributed by atoms with E-state index in [1.807, 2.05) is 0 Å². The van der Waals surface area contributed by atoms with Crippen LogP contribution in [-0.4, -0.2) is 30.9 Å². The van der Waals surface area contributed by atoms with Crippen LogP contribution in [0.25, 0.3) is 0 Å². The van der Waals surface area contributed by atoms with Gasteiger partial charge in [0.1, 0.15) is 0 Å². The lowest BCUT2D eigenvalue weighted by molar-refractivity contribution is 0.281. The molecule has 6 heteroatoms. The molecule has 1 aromatic rings. The maximum absolute atomic E-state index is 12.6. The summed E-state index contributed by atoms with van der Waals surface area (Å²) >= 11 is 5.91. The fourth-order valence-electron chi connectivity index (χ4n) is 2.46. The highest BCUT2D eigenvalue weighted by atomic mass is 35.5. The summed E-state index contributed by atoms with van der Waals surface area (Å²) in [7, 11) is -3.49. The van der Waals surface area contributed by atoms with Crippen LogP contribution >= 0.6 is 11.6 Å². The van der Waals surface area contributed by atoms with Crippen molar-refractivity contribution in [3.63, 3.8) is 0 Å². The van der Waals surface area contributed by atoms with Crippen LogP contribution in [0.15, 0.2) is 23.1 Å². The third-order valence-corrected chi connectivity index (χ3v) is 6.06. The van der Waals surface area contributed by atoms with E-state index in [9.17, 15) is 13.5 Å². The Hall–Kier alpha value is -0.620. The monoisotopic (exact) mass is 317 g/mol. The minimum atomic E-state index is -3.49. The van der Waals surface area contributed by atoms with Gasteiger partial charge in [0, 0.05) is 18.1 Å². The van der Waals surface area contributed by atoms with Gasteiger partial charge >= 0.3 is 0 Å². The van der Waals surface area contributed by atoms with E-state index in [0.717, 1.165) is 19.3 Å². The quantitative estimate of drug-likeness (QED) is 0.932. The first-order chi connectivity index (χ1) is 9.45. The highest BCUT2D eigenvalue weighted by Crippen LogP contribution is 2.26. The Bertz CT molecular complexity index is 574. The van der Waals surface area contributed by atoms with Gasteiger partial charge in [-0.2, -0.15) is 4.31 Å². The van der Waals surface area contributed by atoms with Crippen LogP contribution in [0.1, 0.15) is 31.7 Å². The number of hydrogen-bond acceptors (Lipinski definition) is 3. The van der Waals surface area contributed by atoms with Crippen LogP contribution in [0, 0.1) is 5.92 Å². The Morgan fingerprint density at radius 2 is 2.10 bits per heavy atom. The molecule has 20 heavy (non-hydrogen) atoms. The van der Waals surface area contributed by atoms with Crippen molar-refractivity contribution in [2.45, 2.75) is 37.7 Å². The highest BCUT2D eigenvalue weighted by molar-refractivity contribution is 7.89. The molecule has 2 rings (SSSR count). The Morgan fingerprint density at radius 3 is 2.80 bits per heavy atom. The maximum Gasteiger partial charge on any atom is 0.243 e. The molecule has 1 aromatic carbocycles. The summed E-state index contributed by atoms with van der Waals surface area (Å²) in [5.74, 6) is 0.563. The molecular formula is C14H20ClNO3S.